The molecule has 5 heteroatoms. The molecule has 0 aromatic heterocycles. The summed E-state index contributed by atoms with van der Waals surface area (Å²) in [7, 11) is -2.10. The second kappa shape index (κ2) is 6.01. The monoisotopic (exact) mass is 303 g/mol. The van der Waals surface area contributed by atoms with Crippen LogP contribution >= 0.6 is 0 Å². The number of anilines is 1. The molecule has 0 aliphatic rings. The second-order valence-corrected chi connectivity index (χ2v) is 6.26. The highest BCUT2D eigenvalue weighted by molar-refractivity contribution is 7.92. The maximum Gasteiger partial charge on any atom is 0.262 e. The quantitative estimate of drug-likeness (QED) is 0.919. The molecule has 0 amide bonds. The lowest BCUT2D eigenvalue weighted by molar-refractivity contribution is 0.415. The van der Waals surface area contributed by atoms with E-state index in [0.29, 0.717) is 22.6 Å². The smallest absolute Gasteiger partial charge is 0.262 e. The maximum absolute atomic E-state index is 12.5. The SMILES string of the molecule is C=C(C)c1ccccc1S(=O)(=O)Nc1ccc(OC)cc1. The van der Waals surface area contributed by atoms with Crippen LogP contribution in [-0.2, 0) is 10.0 Å². The Bertz CT molecular complexity index is 749. The van der Waals surface area contributed by atoms with E-state index < -0.39 is 10.0 Å². The van der Waals surface area contributed by atoms with Crippen LogP contribution in [0.3, 0.4) is 0 Å². The van der Waals surface area contributed by atoms with Crippen LogP contribution in [-0.4, -0.2) is 15.5 Å². The van der Waals surface area contributed by atoms with E-state index in [4.69, 9.17) is 4.74 Å². The molecule has 0 fully saturated rings. The summed E-state index contributed by atoms with van der Waals surface area (Å²) in [5, 5.41) is 0. The van der Waals surface area contributed by atoms with Crippen molar-refractivity contribution in [2.75, 3.05) is 11.8 Å². The maximum atomic E-state index is 12.5. The van der Waals surface area contributed by atoms with Crippen LogP contribution in [0.2, 0.25) is 0 Å². The lowest BCUT2D eigenvalue weighted by Crippen LogP contribution is -2.14. The fourth-order valence-electron chi connectivity index (χ4n) is 1.92. The molecule has 0 spiro atoms. The number of benzene rings is 2. The molecule has 0 unspecified atom stereocenters. The van der Waals surface area contributed by atoms with Crippen LogP contribution in [0.4, 0.5) is 5.69 Å². The molecular weight excluding hydrogens is 286 g/mol. The van der Waals surface area contributed by atoms with Crippen LogP contribution in [0.5, 0.6) is 5.75 Å². The van der Waals surface area contributed by atoms with Crippen molar-refractivity contribution in [3.63, 3.8) is 0 Å². The van der Waals surface area contributed by atoms with E-state index in [1.54, 1.807) is 62.6 Å². The number of methoxy groups -OCH3 is 1. The summed E-state index contributed by atoms with van der Waals surface area (Å²) in [4.78, 5) is 0.216. The molecule has 2 aromatic carbocycles. The van der Waals surface area contributed by atoms with Gasteiger partial charge >= 0.3 is 0 Å². The van der Waals surface area contributed by atoms with Crippen LogP contribution in [0.1, 0.15) is 12.5 Å². The standard InChI is InChI=1S/C16H17NO3S/c1-12(2)15-6-4-5-7-16(15)21(18,19)17-13-8-10-14(20-3)11-9-13/h4-11,17H,1H2,2-3H3. The first-order valence-corrected chi connectivity index (χ1v) is 7.84. The van der Waals surface area contributed by atoms with Gasteiger partial charge in [-0.1, -0.05) is 24.8 Å². The van der Waals surface area contributed by atoms with E-state index >= 15 is 0 Å². The molecule has 2 aromatic rings. The van der Waals surface area contributed by atoms with E-state index in [2.05, 4.69) is 11.3 Å². The Morgan fingerprint density at radius 2 is 1.71 bits per heavy atom. The topological polar surface area (TPSA) is 55.4 Å². The Morgan fingerprint density at radius 1 is 1.10 bits per heavy atom. The summed E-state index contributed by atoms with van der Waals surface area (Å²) < 4.78 is 32.6. The largest absolute Gasteiger partial charge is 0.497 e. The molecule has 0 radical (unpaired) electrons. The van der Waals surface area contributed by atoms with Gasteiger partial charge in [0.1, 0.15) is 5.75 Å². The minimum absolute atomic E-state index is 0.216. The minimum Gasteiger partial charge on any atom is -0.497 e. The summed E-state index contributed by atoms with van der Waals surface area (Å²) in [5.41, 5.74) is 1.79. The predicted octanol–water partition coefficient (Wildman–Crippen LogP) is 3.53. The molecule has 0 aliphatic heterocycles. The molecule has 2 rings (SSSR count). The first-order chi connectivity index (χ1) is 9.94. The second-order valence-electron chi connectivity index (χ2n) is 4.61. The van der Waals surface area contributed by atoms with Gasteiger partial charge in [-0.25, -0.2) is 8.42 Å². The average Bonchev–Trinajstić information content (AvgIpc) is 2.47. The molecular formula is C16H17NO3S. The Morgan fingerprint density at radius 3 is 2.29 bits per heavy atom. The normalized spacial score (nSPS) is 11.0. The molecule has 110 valence electrons. The van der Waals surface area contributed by atoms with Gasteiger partial charge in [-0.05, 0) is 48.4 Å². The zero-order valence-electron chi connectivity index (χ0n) is 12.0. The van der Waals surface area contributed by atoms with Crippen molar-refractivity contribution in [1.82, 2.24) is 0 Å². The van der Waals surface area contributed by atoms with Crippen molar-refractivity contribution in [2.24, 2.45) is 0 Å². The lowest BCUT2D eigenvalue weighted by Gasteiger charge is -2.12. The zero-order chi connectivity index (χ0) is 15.5. The van der Waals surface area contributed by atoms with Gasteiger partial charge in [0.2, 0.25) is 0 Å². The highest BCUT2D eigenvalue weighted by Gasteiger charge is 2.18. The van der Waals surface area contributed by atoms with Crippen LogP contribution in [0.25, 0.3) is 5.57 Å². The molecule has 1 N–H and O–H groups in total. The van der Waals surface area contributed by atoms with E-state index in [1.165, 1.54) is 0 Å². The summed E-state index contributed by atoms with van der Waals surface area (Å²) in [6.07, 6.45) is 0. The number of allylic oxidation sites excluding steroid dienone is 1. The van der Waals surface area contributed by atoms with E-state index in [-0.39, 0.29) is 4.90 Å². The Hall–Kier alpha value is -2.27. The molecule has 21 heavy (non-hydrogen) atoms. The van der Waals surface area contributed by atoms with Gasteiger partial charge in [-0.15, -0.1) is 0 Å². The lowest BCUT2D eigenvalue weighted by atomic mass is 10.1. The Balaban J connectivity index is 2.36. The number of nitrogens with one attached hydrogen (secondary N) is 1. The molecule has 0 saturated heterocycles. The van der Waals surface area contributed by atoms with Crippen LogP contribution in [0, 0.1) is 0 Å². The first-order valence-electron chi connectivity index (χ1n) is 6.36. The van der Waals surface area contributed by atoms with E-state index in [0.717, 1.165) is 0 Å². The predicted molar refractivity (Wildman–Crippen MR) is 85.0 cm³/mol. The fourth-order valence-corrected chi connectivity index (χ4v) is 3.27. The summed E-state index contributed by atoms with van der Waals surface area (Å²) in [6, 6.07) is 13.5. The number of sulfonamides is 1. The van der Waals surface area contributed by atoms with E-state index in [9.17, 15) is 8.42 Å². The number of rotatable bonds is 5. The molecule has 0 atom stereocenters. The van der Waals surface area contributed by atoms with Gasteiger partial charge in [0.15, 0.2) is 0 Å². The van der Waals surface area contributed by atoms with Crippen molar-refractivity contribution >= 4 is 21.3 Å². The molecule has 0 aliphatic carbocycles. The highest BCUT2D eigenvalue weighted by Crippen LogP contribution is 2.24. The Kier molecular flexibility index (Phi) is 4.33. The molecule has 0 heterocycles. The van der Waals surface area contributed by atoms with Gasteiger partial charge in [-0.2, -0.15) is 0 Å². The summed E-state index contributed by atoms with van der Waals surface area (Å²) in [6.45, 7) is 5.60. The van der Waals surface area contributed by atoms with Crippen LogP contribution in [0.15, 0.2) is 60.0 Å². The molecule has 0 saturated carbocycles. The number of hydrogen-bond acceptors (Lipinski definition) is 3. The zero-order valence-corrected chi connectivity index (χ0v) is 12.8. The first kappa shape index (κ1) is 15.1. The van der Waals surface area contributed by atoms with Crippen molar-refractivity contribution in [1.29, 1.82) is 0 Å². The van der Waals surface area contributed by atoms with Gasteiger partial charge < -0.3 is 4.74 Å². The highest BCUT2D eigenvalue weighted by atomic mass is 32.2. The van der Waals surface area contributed by atoms with Crippen molar-refractivity contribution in [2.45, 2.75) is 11.8 Å². The summed E-state index contributed by atoms with van der Waals surface area (Å²) >= 11 is 0. The third kappa shape index (κ3) is 3.44. The van der Waals surface area contributed by atoms with Gasteiger partial charge in [0.25, 0.3) is 10.0 Å². The van der Waals surface area contributed by atoms with Crippen LogP contribution < -0.4 is 9.46 Å². The van der Waals surface area contributed by atoms with E-state index in [1.807, 2.05) is 0 Å². The third-order valence-electron chi connectivity index (χ3n) is 2.98. The van der Waals surface area contributed by atoms with Gasteiger partial charge in [0.05, 0.1) is 12.0 Å². The average molecular weight is 303 g/mol. The third-order valence-corrected chi connectivity index (χ3v) is 4.42. The minimum atomic E-state index is -3.66. The van der Waals surface area contributed by atoms with Crippen molar-refractivity contribution in [3.8, 4) is 5.75 Å². The van der Waals surface area contributed by atoms with Gasteiger partial charge in [-0.3, -0.25) is 4.72 Å². The van der Waals surface area contributed by atoms with Gasteiger partial charge in [0, 0.05) is 5.69 Å². The van der Waals surface area contributed by atoms with Crippen molar-refractivity contribution < 1.29 is 13.2 Å². The van der Waals surface area contributed by atoms with Crippen molar-refractivity contribution in [3.05, 3.63) is 60.7 Å². The fraction of sp³-hybridized carbons (Fsp3) is 0.125. The number of ether oxygens (including phenoxy) is 1. The molecule has 0 bridgehead atoms. The Labute approximate surface area is 125 Å². The summed E-state index contributed by atoms with van der Waals surface area (Å²) in [5.74, 6) is 0.667. The molecule has 4 nitrogen and oxygen atoms in total. The number of hydrogen-bond donors (Lipinski definition) is 1.